The summed E-state index contributed by atoms with van der Waals surface area (Å²) in [4.78, 5) is 0. The number of hydrogen-bond acceptors (Lipinski definition) is 2. The molecule has 0 amide bonds. The van der Waals surface area contributed by atoms with Crippen LogP contribution < -0.4 is 0 Å². The van der Waals surface area contributed by atoms with E-state index in [1.54, 1.807) is 4.67 Å². The molecule has 0 spiro atoms. The first-order valence-corrected chi connectivity index (χ1v) is 11.6. The van der Waals surface area contributed by atoms with E-state index in [1.807, 2.05) is 42.3 Å². The first-order chi connectivity index (χ1) is 11.9. The van der Waals surface area contributed by atoms with Gasteiger partial charge in [-0.3, -0.25) is 9.09 Å². The lowest BCUT2D eigenvalue weighted by atomic mass is 10.4. The molecule has 9 heteroatoms. The fourth-order valence-electron chi connectivity index (χ4n) is 2.58. The van der Waals surface area contributed by atoms with Crippen molar-refractivity contribution in [2.45, 2.75) is 26.9 Å². The van der Waals surface area contributed by atoms with Crippen molar-refractivity contribution in [3.8, 4) is 0 Å². The normalized spacial score (nSPS) is 14.4. The lowest BCUT2D eigenvalue weighted by Gasteiger charge is -2.37. The molecule has 0 aliphatic carbocycles. The van der Waals surface area contributed by atoms with Crippen molar-refractivity contribution < 1.29 is 9.09 Å². The third kappa shape index (κ3) is 6.42. The van der Waals surface area contributed by atoms with Gasteiger partial charge in [-0.2, -0.15) is 0 Å². The van der Waals surface area contributed by atoms with Gasteiger partial charge in [0.1, 0.15) is 0 Å². The Morgan fingerprint density at radius 1 is 1.04 bits per heavy atom. The molecule has 1 atom stereocenters. The predicted molar refractivity (Wildman–Crippen MR) is 108 cm³/mol. The molecule has 1 aromatic heterocycles. The summed E-state index contributed by atoms with van der Waals surface area (Å²) in [5, 5.41) is 0. The average Bonchev–Trinajstić information content (AvgIpc) is 2.91. The number of halogens is 3. The van der Waals surface area contributed by atoms with Crippen molar-refractivity contribution >= 4 is 42.5 Å². The molecule has 1 aromatic rings. The van der Waals surface area contributed by atoms with Gasteiger partial charge in [0.2, 0.25) is 0 Å². The van der Waals surface area contributed by atoms with Crippen LogP contribution in [0.4, 0.5) is 0 Å². The quantitative estimate of drug-likeness (QED) is 0.335. The highest BCUT2D eigenvalue weighted by Crippen LogP contribution is 2.54. The maximum atomic E-state index is 13.9. The molecule has 0 N–H and O–H groups in total. The third-order valence-corrected chi connectivity index (χ3v) is 7.28. The van der Waals surface area contributed by atoms with Crippen molar-refractivity contribution in [2.24, 2.45) is 7.05 Å². The maximum Gasteiger partial charge on any atom is 0.346 e. The first kappa shape index (κ1) is 23.3. The van der Waals surface area contributed by atoms with Crippen LogP contribution >= 0.6 is 42.5 Å². The second-order valence-electron chi connectivity index (χ2n) is 5.76. The number of hydrogen-bond donors (Lipinski definition) is 0. The molecule has 0 saturated carbocycles. The van der Waals surface area contributed by atoms with Gasteiger partial charge in [0.15, 0.2) is 0 Å². The van der Waals surface area contributed by atoms with E-state index >= 15 is 0 Å². The maximum absolute atomic E-state index is 13.9. The van der Waals surface area contributed by atoms with Crippen molar-refractivity contribution in [1.82, 2.24) is 13.9 Å². The van der Waals surface area contributed by atoms with Gasteiger partial charge in [-0.1, -0.05) is 6.92 Å². The van der Waals surface area contributed by atoms with E-state index in [4.69, 9.17) is 39.3 Å². The van der Waals surface area contributed by atoms with Crippen molar-refractivity contribution in [3.63, 3.8) is 0 Å². The standard InChI is InChI=1S/C16H29Cl3N3O2P/c1-4-10-21(11-7-17)25(23,22(12-8-18)13-9-19)24-14-16-6-5-15(2)20(16)3/h5-6H,4,7-14H2,1-3H3. The minimum atomic E-state index is -3.28. The molecule has 0 aliphatic rings. The number of alkyl halides is 3. The van der Waals surface area contributed by atoms with Gasteiger partial charge in [0, 0.05) is 62.3 Å². The van der Waals surface area contributed by atoms with Gasteiger partial charge in [-0.05, 0) is 25.5 Å². The van der Waals surface area contributed by atoms with Crippen LogP contribution in [-0.2, 0) is 22.7 Å². The van der Waals surface area contributed by atoms with Crippen LogP contribution in [0.5, 0.6) is 0 Å². The molecule has 5 nitrogen and oxygen atoms in total. The summed E-state index contributed by atoms with van der Waals surface area (Å²) in [6.45, 7) is 6.33. The highest BCUT2D eigenvalue weighted by atomic mass is 35.5. The molecule has 0 aliphatic heterocycles. The lowest BCUT2D eigenvalue weighted by molar-refractivity contribution is 0.201. The van der Waals surface area contributed by atoms with E-state index in [9.17, 15) is 4.57 Å². The van der Waals surface area contributed by atoms with Gasteiger partial charge >= 0.3 is 7.67 Å². The van der Waals surface area contributed by atoms with Crippen LogP contribution in [0.2, 0.25) is 0 Å². The van der Waals surface area contributed by atoms with Crippen LogP contribution in [-0.4, -0.2) is 57.7 Å². The smallest absolute Gasteiger partial charge is 0.346 e. The summed E-state index contributed by atoms with van der Waals surface area (Å²) >= 11 is 17.8. The monoisotopic (exact) mass is 431 g/mol. The first-order valence-electron chi connectivity index (χ1n) is 8.49. The number of aromatic nitrogens is 1. The number of aryl methyl sites for hydroxylation is 1. The van der Waals surface area contributed by atoms with Crippen molar-refractivity contribution in [2.75, 3.05) is 43.8 Å². The zero-order valence-electron chi connectivity index (χ0n) is 15.3. The molecule has 25 heavy (non-hydrogen) atoms. The predicted octanol–water partition coefficient (Wildman–Crippen LogP) is 4.69. The fraction of sp³-hybridized carbons (Fsp3) is 0.750. The number of rotatable bonds is 13. The summed E-state index contributed by atoms with van der Waals surface area (Å²) < 4.78 is 25.6. The second kappa shape index (κ2) is 11.9. The van der Waals surface area contributed by atoms with Crippen LogP contribution in [0, 0.1) is 6.92 Å². The van der Waals surface area contributed by atoms with Gasteiger partial charge < -0.3 is 4.57 Å². The van der Waals surface area contributed by atoms with Gasteiger partial charge in [0.05, 0.1) is 6.61 Å². The molecule has 0 bridgehead atoms. The van der Waals surface area contributed by atoms with E-state index in [2.05, 4.69) is 0 Å². The second-order valence-corrected chi connectivity index (χ2v) is 9.27. The molecule has 0 aromatic carbocycles. The van der Waals surface area contributed by atoms with Crippen molar-refractivity contribution in [1.29, 1.82) is 0 Å². The minimum absolute atomic E-state index is 0.255. The SMILES string of the molecule is CCCN(CCCl)P(=O)(OCc1ccc(C)n1C)N(CCCl)CCCl. The van der Waals surface area contributed by atoms with E-state index in [0.717, 1.165) is 17.8 Å². The van der Waals surface area contributed by atoms with E-state index in [-0.39, 0.29) is 6.61 Å². The van der Waals surface area contributed by atoms with E-state index in [0.29, 0.717) is 43.8 Å². The van der Waals surface area contributed by atoms with Crippen molar-refractivity contribution in [3.05, 3.63) is 23.5 Å². The lowest BCUT2D eigenvalue weighted by Crippen LogP contribution is -2.37. The molecule has 1 rings (SSSR count). The Labute approximate surface area is 166 Å². The van der Waals surface area contributed by atoms with E-state index in [1.165, 1.54) is 0 Å². The molecular weight excluding hydrogens is 404 g/mol. The molecule has 1 unspecified atom stereocenters. The molecule has 0 fully saturated rings. The Morgan fingerprint density at radius 2 is 1.56 bits per heavy atom. The molecule has 1 heterocycles. The Balaban J connectivity index is 3.10. The fourth-order valence-corrected chi connectivity index (χ4v) is 6.05. The Morgan fingerprint density at radius 3 is 1.96 bits per heavy atom. The number of nitrogens with zero attached hydrogens (tertiary/aromatic N) is 3. The van der Waals surface area contributed by atoms with E-state index < -0.39 is 7.67 Å². The topological polar surface area (TPSA) is 37.7 Å². The zero-order chi connectivity index (χ0) is 18.9. The van der Waals surface area contributed by atoms with Crippen LogP contribution in [0.1, 0.15) is 24.7 Å². The van der Waals surface area contributed by atoms with Gasteiger partial charge in [-0.15, -0.1) is 34.8 Å². The molecule has 146 valence electrons. The summed E-state index contributed by atoms with van der Waals surface area (Å²) in [5.41, 5.74) is 2.09. The molecular formula is C16H29Cl3N3O2P. The molecule has 0 saturated heterocycles. The highest BCUT2D eigenvalue weighted by molar-refractivity contribution is 7.53. The van der Waals surface area contributed by atoms with Gasteiger partial charge in [0.25, 0.3) is 0 Å². The Kier molecular flexibility index (Phi) is 11.1. The summed E-state index contributed by atoms with van der Waals surface area (Å²) in [5.74, 6) is 1.09. The summed E-state index contributed by atoms with van der Waals surface area (Å²) in [6.07, 6.45) is 0.850. The van der Waals surface area contributed by atoms with Crippen LogP contribution in [0.3, 0.4) is 0 Å². The van der Waals surface area contributed by atoms with Gasteiger partial charge in [-0.25, -0.2) is 9.34 Å². The summed E-state index contributed by atoms with van der Waals surface area (Å²) in [6, 6.07) is 4.00. The Hall–Kier alpha value is 0.260. The Bertz CT molecular complexity index is 525. The third-order valence-electron chi connectivity index (χ3n) is 4.08. The minimum Gasteiger partial charge on any atom is -0.350 e. The largest absolute Gasteiger partial charge is 0.350 e. The van der Waals surface area contributed by atoms with Crippen LogP contribution in [0.25, 0.3) is 0 Å². The molecule has 0 radical (unpaired) electrons. The average molecular weight is 433 g/mol. The van der Waals surface area contributed by atoms with Crippen LogP contribution in [0.15, 0.2) is 12.1 Å². The summed E-state index contributed by atoms with van der Waals surface area (Å²) in [7, 11) is -1.31. The highest BCUT2D eigenvalue weighted by Gasteiger charge is 2.38. The zero-order valence-corrected chi connectivity index (χ0v) is 18.4.